The van der Waals surface area contributed by atoms with Crippen LogP contribution in [0.25, 0.3) is 0 Å². The zero-order chi connectivity index (χ0) is 13.9. The zero-order valence-electron chi connectivity index (χ0n) is 12.2. The molecule has 1 aliphatic rings. The molecule has 1 aliphatic carbocycles. The van der Waals surface area contributed by atoms with Gasteiger partial charge in [-0.25, -0.2) is 0 Å². The molecule has 0 aromatic heterocycles. The number of hydrogen-bond acceptors (Lipinski definition) is 3. The Morgan fingerprint density at radius 3 is 2.79 bits per heavy atom. The van der Waals surface area contributed by atoms with Gasteiger partial charge in [0.05, 0.1) is 7.11 Å². The van der Waals surface area contributed by atoms with E-state index in [9.17, 15) is 5.11 Å². The van der Waals surface area contributed by atoms with Crippen molar-refractivity contribution in [2.24, 2.45) is 5.41 Å². The summed E-state index contributed by atoms with van der Waals surface area (Å²) in [5.41, 5.74) is 1.46. The van der Waals surface area contributed by atoms with Crippen molar-refractivity contribution in [3.8, 4) is 11.5 Å². The smallest absolute Gasteiger partial charge is 0.160 e. The van der Waals surface area contributed by atoms with E-state index in [1.807, 2.05) is 12.1 Å². The molecule has 0 spiro atoms. The van der Waals surface area contributed by atoms with Gasteiger partial charge < -0.3 is 15.2 Å². The third-order valence-corrected chi connectivity index (χ3v) is 4.30. The largest absolute Gasteiger partial charge is 0.504 e. The Kier molecular flexibility index (Phi) is 4.35. The lowest BCUT2D eigenvalue weighted by atomic mass is 9.73. The number of phenolic OH excluding ortho intramolecular Hbond substituents is 1. The zero-order valence-corrected chi connectivity index (χ0v) is 12.2. The van der Waals surface area contributed by atoms with Crippen LogP contribution in [0.15, 0.2) is 18.2 Å². The van der Waals surface area contributed by atoms with Crippen molar-refractivity contribution in [2.75, 3.05) is 7.11 Å². The van der Waals surface area contributed by atoms with Gasteiger partial charge in [0.1, 0.15) is 0 Å². The van der Waals surface area contributed by atoms with Crippen molar-refractivity contribution in [3.05, 3.63) is 23.8 Å². The van der Waals surface area contributed by atoms with Crippen molar-refractivity contribution in [3.63, 3.8) is 0 Å². The minimum Gasteiger partial charge on any atom is -0.504 e. The maximum Gasteiger partial charge on any atom is 0.160 e. The van der Waals surface area contributed by atoms with Gasteiger partial charge in [-0.15, -0.1) is 0 Å². The number of ether oxygens (including phenoxy) is 1. The third-order valence-electron chi connectivity index (χ3n) is 4.30. The van der Waals surface area contributed by atoms with E-state index in [1.54, 1.807) is 13.2 Å². The van der Waals surface area contributed by atoms with E-state index in [0.29, 0.717) is 17.2 Å². The molecule has 0 heterocycles. The summed E-state index contributed by atoms with van der Waals surface area (Å²) < 4.78 is 5.06. The van der Waals surface area contributed by atoms with Gasteiger partial charge in [-0.1, -0.05) is 32.8 Å². The van der Waals surface area contributed by atoms with Crippen molar-refractivity contribution < 1.29 is 9.84 Å². The average Bonchev–Trinajstić information content (AvgIpc) is 2.37. The highest BCUT2D eigenvalue weighted by Crippen LogP contribution is 2.35. The molecule has 1 atom stereocenters. The molecule has 2 rings (SSSR count). The topological polar surface area (TPSA) is 41.5 Å². The first-order valence-corrected chi connectivity index (χ1v) is 7.12. The summed E-state index contributed by atoms with van der Waals surface area (Å²) in [6, 6.07) is 6.16. The molecular formula is C16H25NO2. The number of nitrogens with one attached hydrogen (secondary N) is 1. The fourth-order valence-electron chi connectivity index (χ4n) is 2.96. The Balaban J connectivity index is 1.96. The second kappa shape index (κ2) is 5.83. The Hall–Kier alpha value is -1.22. The van der Waals surface area contributed by atoms with Crippen LogP contribution in [-0.2, 0) is 6.54 Å². The maximum atomic E-state index is 9.78. The van der Waals surface area contributed by atoms with Crippen LogP contribution in [-0.4, -0.2) is 18.3 Å². The Morgan fingerprint density at radius 2 is 2.16 bits per heavy atom. The summed E-state index contributed by atoms with van der Waals surface area (Å²) in [6.07, 6.45) is 5.19. The Morgan fingerprint density at radius 1 is 1.37 bits per heavy atom. The van der Waals surface area contributed by atoms with Crippen LogP contribution in [0, 0.1) is 5.41 Å². The molecule has 3 nitrogen and oxygen atoms in total. The monoisotopic (exact) mass is 263 g/mol. The standard InChI is InChI=1S/C16H25NO2/c1-16(2)9-5-4-6-15(16)17-11-12-7-8-14(19-3)13(18)10-12/h7-8,10,15,17-18H,4-6,9,11H2,1-3H3. The fourth-order valence-corrected chi connectivity index (χ4v) is 2.96. The SMILES string of the molecule is COc1ccc(CNC2CCCCC2(C)C)cc1O. The molecule has 1 aromatic rings. The summed E-state index contributed by atoms with van der Waals surface area (Å²) >= 11 is 0. The van der Waals surface area contributed by atoms with Crippen molar-refractivity contribution in [1.82, 2.24) is 5.32 Å². The number of rotatable bonds is 4. The number of methoxy groups -OCH3 is 1. The van der Waals surface area contributed by atoms with E-state index in [1.165, 1.54) is 25.7 Å². The minimum atomic E-state index is 0.213. The highest BCUT2D eigenvalue weighted by Gasteiger charge is 2.31. The molecule has 0 amide bonds. The normalized spacial score (nSPS) is 22.2. The van der Waals surface area contributed by atoms with Crippen LogP contribution in [0.3, 0.4) is 0 Å². The highest BCUT2D eigenvalue weighted by atomic mass is 16.5. The second-order valence-corrected chi connectivity index (χ2v) is 6.17. The van der Waals surface area contributed by atoms with Gasteiger partial charge in [0.25, 0.3) is 0 Å². The van der Waals surface area contributed by atoms with Gasteiger partial charge in [0.15, 0.2) is 11.5 Å². The number of phenols is 1. The highest BCUT2D eigenvalue weighted by molar-refractivity contribution is 5.41. The van der Waals surface area contributed by atoms with Gasteiger partial charge in [-0.3, -0.25) is 0 Å². The Labute approximate surface area is 116 Å². The molecule has 3 heteroatoms. The molecule has 106 valence electrons. The molecule has 1 saturated carbocycles. The van der Waals surface area contributed by atoms with Gasteiger partial charge in [-0.2, -0.15) is 0 Å². The fraction of sp³-hybridized carbons (Fsp3) is 0.625. The molecule has 1 unspecified atom stereocenters. The summed E-state index contributed by atoms with van der Waals surface area (Å²) in [7, 11) is 1.57. The number of benzene rings is 1. The third kappa shape index (κ3) is 3.41. The molecule has 0 bridgehead atoms. The first-order chi connectivity index (χ1) is 9.03. The van der Waals surface area contributed by atoms with Gasteiger partial charge in [0.2, 0.25) is 0 Å². The lowest BCUT2D eigenvalue weighted by Crippen LogP contribution is -2.43. The molecule has 0 radical (unpaired) electrons. The molecular weight excluding hydrogens is 238 g/mol. The van der Waals surface area contributed by atoms with E-state index in [4.69, 9.17) is 4.74 Å². The van der Waals surface area contributed by atoms with Crippen LogP contribution >= 0.6 is 0 Å². The van der Waals surface area contributed by atoms with Crippen LogP contribution in [0.2, 0.25) is 0 Å². The van der Waals surface area contributed by atoms with Crippen LogP contribution < -0.4 is 10.1 Å². The van der Waals surface area contributed by atoms with E-state index >= 15 is 0 Å². The molecule has 0 saturated heterocycles. The van der Waals surface area contributed by atoms with Crippen molar-refractivity contribution >= 4 is 0 Å². The average molecular weight is 263 g/mol. The first kappa shape index (κ1) is 14.2. The van der Waals surface area contributed by atoms with Gasteiger partial charge >= 0.3 is 0 Å². The summed E-state index contributed by atoms with van der Waals surface area (Å²) in [5, 5.41) is 13.4. The maximum absolute atomic E-state index is 9.78. The van der Waals surface area contributed by atoms with Crippen molar-refractivity contribution in [1.29, 1.82) is 0 Å². The summed E-state index contributed by atoms with van der Waals surface area (Å²) in [4.78, 5) is 0. The lowest BCUT2D eigenvalue weighted by molar-refractivity contribution is 0.166. The lowest BCUT2D eigenvalue weighted by Gasteiger charge is -2.39. The first-order valence-electron chi connectivity index (χ1n) is 7.12. The van der Waals surface area contributed by atoms with E-state index in [0.717, 1.165) is 12.1 Å². The van der Waals surface area contributed by atoms with Gasteiger partial charge in [0, 0.05) is 12.6 Å². The number of aromatic hydroxyl groups is 1. The van der Waals surface area contributed by atoms with Crippen molar-refractivity contribution in [2.45, 2.75) is 52.1 Å². The predicted molar refractivity (Wildman–Crippen MR) is 77.5 cm³/mol. The second-order valence-electron chi connectivity index (χ2n) is 6.17. The number of hydrogen-bond donors (Lipinski definition) is 2. The van der Waals surface area contributed by atoms with Crippen LogP contribution in [0.5, 0.6) is 11.5 Å². The van der Waals surface area contributed by atoms with Gasteiger partial charge in [-0.05, 0) is 36.0 Å². The molecule has 2 N–H and O–H groups in total. The Bertz CT molecular complexity index is 429. The summed E-state index contributed by atoms with van der Waals surface area (Å²) in [6.45, 7) is 5.48. The van der Waals surface area contributed by atoms with Crippen LogP contribution in [0.1, 0.15) is 45.1 Å². The summed E-state index contributed by atoms with van der Waals surface area (Å²) in [5.74, 6) is 0.742. The predicted octanol–water partition coefficient (Wildman–Crippen LogP) is 3.46. The molecule has 0 aliphatic heterocycles. The quantitative estimate of drug-likeness (QED) is 0.874. The van der Waals surface area contributed by atoms with E-state index in [-0.39, 0.29) is 5.75 Å². The molecule has 19 heavy (non-hydrogen) atoms. The van der Waals surface area contributed by atoms with Crippen LogP contribution in [0.4, 0.5) is 0 Å². The molecule has 1 fully saturated rings. The minimum absolute atomic E-state index is 0.213. The van der Waals surface area contributed by atoms with E-state index in [2.05, 4.69) is 19.2 Å². The van der Waals surface area contributed by atoms with E-state index < -0.39 is 0 Å². The molecule has 1 aromatic carbocycles.